The summed E-state index contributed by atoms with van der Waals surface area (Å²) < 4.78 is 7.28. The first kappa shape index (κ1) is 24.7. The average molecular weight is 491 g/mol. The molecule has 36 heavy (non-hydrogen) atoms. The van der Waals surface area contributed by atoms with Gasteiger partial charge in [0.05, 0.1) is 18.3 Å². The van der Waals surface area contributed by atoms with E-state index >= 15 is 0 Å². The number of fused-ring (bicyclic) bond motifs is 1. The molecule has 5 rings (SSSR count). The highest BCUT2D eigenvalue weighted by Gasteiger charge is 2.23. The third-order valence-corrected chi connectivity index (χ3v) is 7.65. The van der Waals surface area contributed by atoms with Crippen LogP contribution in [0.3, 0.4) is 0 Å². The Morgan fingerprint density at radius 1 is 1.08 bits per heavy atom. The summed E-state index contributed by atoms with van der Waals surface area (Å²) in [5.41, 5.74) is 6.04. The summed E-state index contributed by atoms with van der Waals surface area (Å²) in [6.07, 6.45) is 8.29. The molecule has 3 heterocycles. The van der Waals surface area contributed by atoms with Crippen LogP contribution in [0.15, 0.2) is 36.5 Å². The summed E-state index contributed by atoms with van der Waals surface area (Å²) in [6, 6.07) is 11.3. The van der Waals surface area contributed by atoms with Gasteiger partial charge in [-0.15, -0.1) is 5.10 Å². The quantitative estimate of drug-likeness (QED) is 0.478. The van der Waals surface area contributed by atoms with Crippen molar-refractivity contribution in [2.45, 2.75) is 51.5 Å². The molecule has 2 aromatic heterocycles. The summed E-state index contributed by atoms with van der Waals surface area (Å²) in [5.74, 6) is 1.35. The van der Waals surface area contributed by atoms with E-state index in [1.165, 1.54) is 54.5 Å². The first-order valence-electron chi connectivity index (χ1n) is 13.3. The van der Waals surface area contributed by atoms with Gasteiger partial charge in [0.1, 0.15) is 0 Å². The molecular weight excluding hydrogens is 452 g/mol. The Kier molecular flexibility index (Phi) is 7.82. The fraction of sp³-hybridized carbons (Fsp3) is 0.536. The number of amides is 1. The van der Waals surface area contributed by atoms with Crippen LogP contribution in [0, 0.1) is 0 Å². The normalized spacial score (nSPS) is 17.6. The summed E-state index contributed by atoms with van der Waals surface area (Å²) in [4.78, 5) is 20.6. The number of benzene rings is 1. The lowest BCUT2D eigenvalue weighted by molar-refractivity contribution is -0.130. The maximum Gasteiger partial charge on any atom is 0.241 e. The Bertz CT molecular complexity index is 1160. The van der Waals surface area contributed by atoms with E-state index in [0.717, 1.165) is 38.2 Å². The van der Waals surface area contributed by atoms with Gasteiger partial charge in [-0.2, -0.15) is 0 Å². The minimum atomic E-state index is 0.174. The molecule has 3 aromatic rings. The van der Waals surface area contributed by atoms with Crippen molar-refractivity contribution in [2.24, 2.45) is 0 Å². The second-order valence-electron chi connectivity index (χ2n) is 10.1. The Morgan fingerprint density at radius 2 is 1.83 bits per heavy atom. The summed E-state index contributed by atoms with van der Waals surface area (Å²) >= 11 is 0. The van der Waals surface area contributed by atoms with Crippen LogP contribution in [0.5, 0.6) is 0 Å². The highest BCUT2D eigenvalue weighted by Crippen LogP contribution is 2.37. The summed E-state index contributed by atoms with van der Waals surface area (Å²) in [6.45, 7) is 7.35. The maximum atomic E-state index is 11.6. The number of hydrogen-bond acceptors (Lipinski definition) is 6. The van der Waals surface area contributed by atoms with E-state index in [9.17, 15) is 4.79 Å². The monoisotopic (exact) mass is 490 g/mol. The van der Waals surface area contributed by atoms with Crippen molar-refractivity contribution in [3.63, 3.8) is 0 Å². The predicted octanol–water partition coefficient (Wildman–Crippen LogP) is 4.17. The van der Waals surface area contributed by atoms with Crippen molar-refractivity contribution in [3.8, 4) is 11.1 Å². The van der Waals surface area contributed by atoms with Crippen LogP contribution in [0.2, 0.25) is 0 Å². The number of anilines is 1. The molecule has 1 aliphatic carbocycles. The second-order valence-corrected chi connectivity index (χ2v) is 10.1. The van der Waals surface area contributed by atoms with Gasteiger partial charge < -0.3 is 15.0 Å². The summed E-state index contributed by atoms with van der Waals surface area (Å²) in [5, 5.41) is 8.16. The first-order valence-corrected chi connectivity index (χ1v) is 13.3. The number of methoxy groups -OCH3 is 1. The molecule has 1 amide bonds. The van der Waals surface area contributed by atoms with Crippen LogP contribution < -0.4 is 5.32 Å². The predicted molar refractivity (Wildman–Crippen MR) is 142 cm³/mol. The molecule has 2 fully saturated rings. The maximum absolute atomic E-state index is 11.6. The van der Waals surface area contributed by atoms with Crippen molar-refractivity contribution in [2.75, 3.05) is 51.8 Å². The minimum Gasteiger partial charge on any atom is -0.383 e. The van der Waals surface area contributed by atoms with Crippen molar-refractivity contribution >= 4 is 17.4 Å². The van der Waals surface area contributed by atoms with Gasteiger partial charge in [-0.05, 0) is 30.0 Å². The van der Waals surface area contributed by atoms with Gasteiger partial charge in [-0.3, -0.25) is 9.69 Å². The molecular formula is C28H38N6O2. The Hall–Kier alpha value is -2.97. The largest absolute Gasteiger partial charge is 0.383 e. The third-order valence-electron chi connectivity index (χ3n) is 7.65. The van der Waals surface area contributed by atoms with Crippen LogP contribution >= 0.6 is 0 Å². The van der Waals surface area contributed by atoms with Crippen LogP contribution in [0.25, 0.3) is 16.6 Å². The van der Waals surface area contributed by atoms with Gasteiger partial charge in [0, 0.05) is 70.5 Å². The molecule has 2 aliphatic rings. The van der Waals surface area contributed by atoms with E-state index in [-0.39, 0.29) is 5.91 Å². The van der Waals surface area contributed by atoms with Crippen LogP contribution in [-0.2, 0) is 16.1 Å². The van der Waals surface area contributed by atoms with Gasteiger partial charge in [-0.1, -0.05) is 43.5 Å². The number of ether oxygens (including phenoxy) is 1. The van der Waals surface area contributed by atoms with Crippen LogP contribution in [-0.4, -0.2) is 76.7 Å². The Balaban J connectivity index is 1.37. The van der Waals surface area contributed by atoms with Gasteiger partial charge >= 0.3 is 0 Å². The Morgan fingerprint density at radius 3 is 2.53 bits per heavy atom. The van der Waals surface area contributed by atoms with Gasteiger partial charge in [0.2, 0.25) is 11.9 Å². The average Bonchev–Trinajstić information content (AvgIpc) is 3.29. The fourth-order valence-electron chi connectivity index (χ4n) is 5.55. The molecule has 0 radical (unpaired) electrons. The topological polar surface area (TPSA) is 75.0 Å². The zero-order valence-electron chi connectivity index (χ0n) is 21.6. The zero-order chi connectivity index (χ0) is 24.9. The number of carbonyl (C=O) groups excluding carboxylic acids is 1. The first-order chi connectivity index (χ1) is 17.6. The smallest absolute Gasteiger partial charge is 0.241 e. The molecule has 1 saturated carbocycles. The molecule has 1 saturated heterocycles. The number of nitrogens with zero attached hydrogens (tertiary/aromatic N) is 5. The van der Waals surface area contributed by atoms with Crippen molar-refractivity contribution in [1.29, 1.82) is 0 Å². The minimum absolute atomic E-state index is 0.174. The van der Waals surface area contributed by atoms with Gasteiger partial charge in [-0.25, -0.2) is 9.50 Å². The molecule has 0 unspecified atom stereocenters. The van der Waals surface area contributed by atoms with E-state index in [1.54, 1.807) is 14.0 Å². The zero-order valence-corrected chi connectivity index (χ0v) is 21.6. The van der Waals surface area contributed by atoms with E-state index in [0.29, 0.717) is 25.0 Å². The van der Waals surface area contributed by atoms with E-state index < -0.39 is 0 Å². The number of hydrogen-bond donors (Lipinski definition) is 1. The lowest BCUT2D eigenvalue weighted by atomic mass is 9.87. The van der Waals surface area contributed by atoms with Crippen molar-refractivity contribution < 1.29 is 9.53 Å². The SMILES string of the molecule is COCCNc1ncc2c(-c3ccc(CN4CCN(C(C)=O)CC4)cc3)cc(C3CCCCC3)n2n1. The van der Waals surface area contributed by atoms with E-state index in [2.05, 4.69) is 50.0 Å². The lowest BCUT2D eigenvalue weighted by Gasteiger charge is -2.34. The molecule has 8 nitrogen and oxygen atoms in total. The number of rotatable bonds is 8. The number of nitrogens with one attached hydrogen (secondary N) is 1. The standard InChI is InChI=1S/C28H38N6O2/c1-21(35)33-15-13-32(14-16-33)20-22-8-10-23(11-9-22)25-18-26(24-6-4-3-5-7-24)34-27(25)19-30-28(31-34)29-12-17-36-2/h8-11,18-19,24H,3-7,12-17,20H2,1-2H3,(H,29,31). The molecule has 1 aliphatic heterocycles. The number of piperazine rings is 1. The summed E-state index contributed by atoms with van der Waals surface area (Å²) in [7, 11) is 1.70. The van der Waals surface area contributed by atoms with Crippen LogP contribution in [0.1, 0.15) is 56.2 Å². The van der Waals surface area contributed by atoms with Gasteiger partial charge in [0.25, 0.3) is 0 Å². The lowest BCUT2D eigenvalue weighted by Crippen LogP contribution is -2.47. The fourth-order valence-corrected chi connectivity index (χ4v) is 5.55. The third kappa shape index (κ3) is 5.55. The number of carbonyl (C=O) groups is 1. The molecule has 1 aromatic carbocycles. The molecule has 8 heteroatoms. The van der Waals surface area contributed by atoms with Gasteiger partial charge in [0.15, 0.2) is 0 Å². The highest BCUT2D eigenvalue weighted by atomic mass is 16.5. The van der Waals surface area contributed by atoms with E-state index in [4.69, 9.17) is 9.84 Å². The molecule has 1 N–H and O–H groups in total. The highest BCUT2D eigenvalue weighted by molar-refractivity contribution is 5.81. The van der Waals surface area contributed by atoms with E-state index in [1.807, 2.05) is 11.1 Å². The second kappa shape index (κ2) is 11.4. The van der Waals surface area contributed by atoms with Crippen molar-refractivity contribution in [1.82, 2.24) is 24.4 Å². The van der Waals surface area contributed by atoms with Crippen LogP contribution in [0.4, 0.5) is 5.95 Å². The Labute approximate surface area is 213 Å². The molecule has 0 bridgehead atoms. The molecule has 0 spiro atoms. The molecule has 192 valence electrons. The van der Waals surface area contributed by atoms with Crippen molar-refractivity contribution in [3.05, 3.63) is 47.8 Å². The molecule has 0 atom stereocenters. The number of aromatic nitrogens is 3.